The molecule has 0 radical (unpaired) electrons. The number of hydrogen-bond donors (Lipinski definition) is 1. The maximum Gasteiger partial charge on any atom is 0.328 e. The number of nitrogens with one attached hydrogen (secondary N) is 1. The van der Waals surface area contributed by atoms with Gasteiger partial charge in [0.15, 0.2) is 0 Å². The normalized spacial score (nSPS) is 22.4. The summed E-state index contributed by atoms with van der Waals surface area (Å²) in [7, 11) is 0. The van der Waals surface area contributed by atoms with Crippen LogP contribution >= 0.6 is 11.6 Å². The van der Waals surface area contributed by atoms with Crippen molar-refractivity contribution in [2.45, 2.75) is 32.1 Å². The summed E-state index contributed by atoms with van der Waals surface area (Å²) in [5, 5.41) is 3.82. The molecule has 0 spiro atoms. The third kappa shape index (κ3) is 3.62. The average molecular weight is 402 g/mol. The first-order valence-electron chi connectivity index (χ1n) is 9.38. The average Bonchev–Trinajstić information content (AvgIpc) is 2.70. The number of amides is 3. The molecule has 5 nitrogen and oxygen atoms in total. The Bertz CT molecular complexity index is 907. The van der Waals surface area contributed by atoms with Gasteiger partial charge in [-0.25, -0.2) is 9.18 Å². The molecule has 1 N–H and O–H groups in total. The lowest BCUT2D eigenvalue weighted by atomic mass is 9.91. The molecule has 3 amide bonds. The van der Waals surface area contributed by atoms with E-state index in [2.05, 4.69) is 5.32 Å². The van der Waals surface area contributed by atoms with E-state index in [0.29, 0.717) is 17.0 Å². The van der Waals surface area contributed by atoms with Crippen molar-refractivity contribution in [1.29, 1.82) is 0 Å². The maximum absolute atomic E-state index is 13.6. The zero-order valence-electron chi connectivity index (χ0n) is 15.3. The molecule has 7 heteroatoms. The van der Waals surface area contributed by atoms with E-state index in [1.165, 1.54) is 17.0 Å². The van der Waals surface area contributed by atoms with E-state index in [9.17, 15) is 14.0 Å². The van der Waals surface area contributed by atoms with E-state index >= 15 is 0 Å². The monoisotopic (exact) mass is 401 g/mol. The topological polar surface area (TPSA) is 52.7 Å². The van der Waals surface area contributed by atoms with Crippen LogP contribution < -0.4 is 5.32 Å². The van der Waals surface area contributed by atoms with Crippen LogP contribution in [0.2, 0.25) is 5.02 Å². The second kappa shape index (κ2) is 7.89. The fourth-order valence-electron chi connectivity index (χ4n) is 3.97. The molecule has 0 saturated carbocycles. The smallest absolute Gasteiger partial charge is 0.304 e. The third-order valence-electron chi connectivity index (χ3n) is 5.35. The standard InChI is InChI=1S/C21H21ClFN3O2/c22-18-9-2-1-6-15(18)13-26-20(27)17-8-4-10-24-19(17)25(21(26)28)12-14-5-3-7-16(23)11-14/h1-3,5-7,9,11,17,19,24H,4,8,10,12-13H2. The fourth-order valence-corrected chi connectivity index (χ4v) is 4.16. The van der Waals surface area contributed by atoms with Crippen LogP contribution in [-0.4, -0.2) is 34.4 Å². The van der Waals surface area contributed by atoms with Crippen molar-refractivity contribution in [2.75, 3.05) is 6.54 Å². The van der Waals surface area contributed by atoms with Crippen LogP contribution in [0.15, 0.2) is 48.5 Å². The van der Waals surface area contributed by atoms with Crippen LogP contribution in [0.5, 0.6) is 0 Å². The highest BCUT2D eigenvalue weighted by Crippen LogP contribution is 2.31. The number of fused-ring (bicyclic) bond motifs is 1. The molecule has 2 unspecified atom stereocenters. The Morgan fingerprint density at radius 1 is 1.11 bits per heavy atom. The summed E-state index contributed by atoms with van der Waals surface area (Å²) in [6.45, 7) is 1.10. The van der Waals surface area contributed by atoms with Crippen LogP contribution in [-0.2, 0) is 17.9 Å². The molecule has 0 bridgehead atoms. The number of hydrogen-bond acceptors (Lipinski definition) is 3. The van der Waals surface area contributed by atoms with Crippen LogP contribution in [0.1, 0.15) is 24.0 Å². The van der Waals surface area contributed by atoms with Crippen LogP contribution in [0.25, 0.3) is 0 Å². The lowest BCUT2D eigenvalue weighted by molar-refractivity contribution is -0.142. The predicted octanol–water partition coefficient (Wildman–Crippen LogP) is 3.77. The molecule has 0 aromatic heterocycles. The molecule has 28 heavy (non-hydrogen) atoms. The highest BCUT2D eigenvalue weighted by molar-refractivity contribution is 6.31. The van der Waals surface area contributed by atoms with Crippen molar-refractivity contribution in [2.24, 2.45) is 5.92 Å². The Hall–Kier alpha value is -2.44. The van der Waals surface area contributed by atoms with E-state index < -0.39 is 0 Å². The van der Waals surface area contributed by atoms with Gasteiger partial charge in [-0.2, -0.15) is 0 Å². The number of halogens is 2. The van der Waals surface area contributed by atoms with Crippen LogP contribution in [0.4, 0.5) is 9.18 Å². The minimum atomic E-state index is -0.384. The van der Waals surface area contributed by atoms with Gasteiger partial charge >= 0.3 is 6.03 Å². The number of carbonyl (C=O) groups is 2. The number of nitrogens with zero attached hydrogens (tertiary/aromatic N) is 2. The Kier molecular flexibility index (Phi) is 5.33. The minimum Gasteiger partial charge on any atom is -0.304 e. The largest absolute Gasteiger partial charge is 0.328 e. The van der Waals surface area contributed by atoms with Crippen LogP contribution in [0.3, 0.4) is 0 Å². The lowest BCUT2D eigenvalue weighted by Crippen LogP contribution is -2.66. The van der Waals surface area contributed by atoms with Gasteiger partial charge in [-0.15, -0.1) is 0 Å². The zero-order valence-corrected chi connectivity index (χ0v) is 16.0. The van der Waals surface area contributed by atoms with Crippen molar-refractivity contribution < 1.29 is 14.0 Å². The molecule has 2 aromatic rings. The molecule has 2 atom stereocenters. The second-order valence-corrected chi connectivity index (χ2v) is 7.61. The van der Waals surface area contributed by atoms with Gasteiger partial charge in [-0.3, -0.25) is 15.0 Å². The second-order valence-electron chi connectivity index (χ2n) is 7.20. The quantitative estimate of drug-likeness (QED) is 0.848. The first-order valence-corrected chi connectivity index (χ1v) is 9.75. The van der Waals surface area contributed by atoms with Gasteiger partial charge < -0.3 is 4.90 Å². The van der Waals surface area contributed by atoms with Crippen LogP contribution in [0, 0.1) is 11.7 Å². The van der Waals surface area contributed by atoms with Gasteiger partial charge in [-0.1, -0.05) is 41.9 Å². The highest BCUT2D eigenvalue weighted by atomic mass is 35.5. The lowest BCUT2D eigenvalue weighted by Gasteiger charge is -2.47. The minimum absolute atomic E-state index is 0.125. The first-order chi connectivity index (χ1) is 13.5. The predicted molar refractivity (Wildman–Crippen MR) is 104 cm³/mol. The van der Waals surface area contributed by atoms with Gasteiger partial charge in [0.1, 0.15) is 5.82 Å². The van der Waals surface area contributed by atoms with Crippen molar-refractivity contribution >= 4 is 23.5 Å². The zero-order chi connectivity index (χ0) is 19.7. The summed E-state index contributed by atoms with van der Waals surface area (Å²) in [4.78, 5) is 29.2. The molecule has 2 fully saturated rings. The SMILES string of the molecule is O=C1C2CCCNC2N(Cc2cccc(F)c2)C(=O)N1Cc1ccccc1Cl. The number of piperidine rings is 1. The summed E-state index contributed by atoms with van der Waals surface area (Å²) < 4.78 is 13.6. The summed E-state index contributed by atoms with van der Waals surface area (Å²) in [6, 6.07) is 13.0. The summed E-state index contributed by atoms with van der Waals surface area (Å²) >= 11 is 6.24. The molecular formula is C21H21ClFN3O2. The highest BCUT2D eigenvalue weighted by Gasteiger charge is 2.47. The summed E-state index contributed by atoms with van der Waals surface area (Å²) in [5.41, 5.74) is 1.41. The van der Waals surface area contributed by atoms with Crippen molar-refractivity contribution in [1.82, 2.24) is 15.1 Å². The van der Waals surface area contributed by atoms with E-state index in [4.69, 9.17) is 11.6 Å². The Labute approximate surface area is 168 Å². The summed E-state index contributed by atoms with van der Waals surface area (Å²) in [5.74, 6) is -0.848. The molecule has 2 aromatic carbocycles. The number of carbonyl (C=O) groups excluding carboxylic acids is 2. The van der Waals surface area contributed by atoms with Gasteiger partial charge in [0.2, 0.25) is 5.91 Å². The number of imide groups is 1. The Morgan fingerprint density at radius 2 is 1.93 bits per heavy atom. The van der Waals surface area contributed by atoms with Crippen molar-refractivity contribution in [3.05, 3.63) is 70.5 Å². The number of rotatable bonds is 4. The van der Waals surface area contributed by atoms with E-state index in [0.717, 1.165) is 18.5 Å². The van der Waals surface area contributed by atoms with Gasteiger partial charge in [0.05, 0.1) is 18.6 Å². The molecular weight excluding hydrogens is 381 g/mol. The Morgan fingerprint density at radius 3 is 2.71 bits per heavy atom. The Balaban J connectivity index is 1.65. The van der Waals surface area contributed by atoms with Gasteiger partial charge in [-0.05, 0) is 48.7 Å². The molecule has 2 aliphatic rings. The number of urea groups is 1. The van der Waals surface area contributed by atoms with E-state index in [1.54, 1.807) is 23.1 Å². The van der Waals surface area contributed by atoms with Crippen molar-refractivity contribution in [3.8, 4) is 0 Å². The molecule has 0 aliphatic carbocycles. The first kappa shape index (κ1) is 18.9. The van der Waals surface area contributed by atoms with Gasteiger partial charge in [0, 0.05) is 11.6 Å². The number of benzene rings is 2. The molecule has 2 heterocycles. The van der Waals surface area contributed by atoms with E-state index in [-0.39, 0.29) is 42.9 Å². The third-order valence-corrected chi connectivity index (χ3v) is 5.72. The fraction of sp³-hybridized carbons (Fsp3) is 0.333. The van der Waals surface area contributed by atoms with E-state index in [1.807, 2.05) is 18.2 Å². The molecule has 146 valence electrons. The van der Waals surface area contributed by atoms with Crippen molar-refractivity contribution in [3.63, 3.8) is 0 Å². The molecule has 4 rings (SSSR count). The van der Waals surface area contributed by atoms with Gasteiger partial charge in [0.25, 0.3) is 0 Å². The summed E-state index contributed by atoms with van der Waals surface area (Å²) in [6.07, 6.45) is 1.21. The molecule has 2 saturated heterocycles. The molecule has 2 aliphatic heterocycles. The maximum atomic E-state index is 13.6.